The van der Waals surface area contributed by atoms with Crippen molar-refractivity contribution in [2.45, 2.75) is 32.8 Å². The minimum atomic E-state index is -0.455. The first-order valence-corrected chi connectivity index (χ1v) is 10.2. The van der Waals surface area contributed by atoms with Crippen molar-refractivity contribution >= 4 is 6.09 Å². The lowest BCUT2D eigenvalue weighted by Gasteiger charge is -2.34. The average Bonchev–Trinajstić information content (AvgIpc) is 3.06. The molecule has 0 unspecified atom stereocenters. The fourth-order valence-corrected chi connectivity index (χ4v) is 3.80. The highest BCUT2D eigenvalue weighted by atomic mass is 16.6. The molecule has 1 saturated heterocycles. The van der Waals surface area contributed by atoms with Gasteiger partial charge in [0.15, 0.2) is 0 Å². The molecule has 1 aromatic heterocycles. The molecule has 2 aromatic rings. The van der Waals surface area contributed by atoms with Crippen molar-refractivity contribution in [2.24, 2.45) is 0 Å². The molecule has 29 heavy (non-hydrogen) atoms. The number of amides is 1. The summed E-state index contributed by atoms with van der Waals surface area (Å²) < 4.78 is 5.46. The van der Waals surface area contributed by atoms with Crippen molar-refractivity contribution in [1.82, 2.24) is 14.8 Å². The molecule has 0 N–H and O–H groups in total. The summed E-state index contributed by atoms with van der Waals surface area (Å²) >= 11 is 0. The first-order valence-electron chi connectivity index (χ1n) is 10.2. The average molecular weight is 389 g/mol. The van der Waals surface area contributed by atoms with Crippen LogP contribution in [0, 0.1) is 11.8 Å². The van der Waals surface area contributed by atoms with Crippen LogP contribution in [0.25, 0.3) is 11.1 Å². The summed E-state index contributed by atoms with van der Waals surface area (Å²) in [6.45, 7) is 9.35. The number of pyridine rings is 1. The second kappa shape index (κ2) is 7.88. The summed E-state index contributed by atoms with van der Waals surface area (Å²) in [6, 6.07) is 10.5. The first-order chi connectivity index (χ1) is 13.9. The summed E-state index contributed by atoms with van der Waals surface area (Å²) in [5, 5.41) is 0. The molecule has 1 aliphatic heterocycles. The van der Waals surface area contributed by atoms with E-state index >= 15 is 0 Å². The van der Waals surface area contributed by atoms with Crippen LogP contribution in [0.1, 0.15) is 37.6 Å². The van der Waals surface area contributed by atoms with Crippen LogP contribution in [0.3, 0.4) is 0 Å². The quantitative estimate of drug-likeness (QED) is 0.597. The van der Waals surface area contributed by atoms with E-state index in [9.17, 15) is 4.79 Å². The molecule has 0 atom stereocenters. The summed E-state index contributed by atoms with van der Waals surface area (Å²) in [7, 11) is 0. The second-order valence-electron chi connectivity index (χ2n) is 8.56. The van der Waals surface area contributed by atoms with Gasteiger partial charge in [0, 0.05) is 49.9 Å². The molecule has 150 valence electrons. The molecule has 0 bridgehead atoms. The van der Waals surface area contributed by atoms with Crippen molar-refractivity contribution in [2.75, 3.05) is 32.7 Å². The zero-order chi connectivity index (χ0) is 20.4. The predicted molar refractivity (Wildman–Crippen MR) is 114 cm³/mol. The Balaban J connectivity index is 1.38. The third-order valence-electron chi connectivity index (χ3n) is 5.22. The van der Waals surface area contributed by atoms with E-state index in [1.54, 1.807) is 4.90 Å². The first kappa shape index (κ1) is 19.5. The summed E-state index contributed by atoms with van der Waals surface area (Å²) in [4.78, 5) is 20.8. The number of carbonyl (C=O) groups is 1. The number of carbonyl (C=O) groups excluding carboxylic acids is 1. The van der Waals surface area contributed by atoms with Crippen LogP contribution in [0.2, 0.25) is 0 Å². The van der Waals surface area contributed by atoms with Gasteiger partial charge in [-0.2, -0.15) is 0 Å². The van der Waals surface area contributed by atoms with Gasteiger partial charge in [-0.05, 0) is 38.0 Å². The van der Waals surface area contributed by atoms with E-state index < -0.39 is 5.60 Å². The molecule has 2 aliphatic rings. The molecule has 2 heterocycles. The highest BCUT2D eigenvalue weighted by Gasteiger charge is 2.25. The Hall–Kier alpha value is -2.84. The van der Waals surface area contributed by atoms with Crippen molar-refractivity contribution in [3.63, 3.8) is 0 Å². The maximum Gasteiger partial charge on any atom is 0.410 e. The Labute approximate surface area is 172 Å². The monoisotopic (exact) mass is 389 g/mol. The lowest BCUT2D eigenvalue weighted by Crippen LogP contribution is -2.50. The SMILES string of the molecule is CC(C)(C)OC(=O)N1CCN(CC#Cc2ccnc3c2-c2ccccc2C3)CC1. The van der Waals surface area contributed by atoms with Crippen LogP contribution < -0.4 is 0 Å². The van der Waals surface area contributed by atoms with Crippen LogP contribution in [-0.4, -0.2) is 59.2 Å². The molecule has 0 saturated carbocycles. The third kappa shape index (κ3) is 4.44. The van der Waals surface area contributed by atoms with Gasteiger partial charge in [-0.3, -0.25) is 9.88 Å². The maximum atomic E-state index is 12.2. The van der Waals surface area contributed by atoms with Gasteiger partial charge in [0.25, 0.3) is 0 Å². The molecule has 5 heteroatoms. The van der Waals surface area contributed by atoms with E-state index in [2.05, 4.69) is 46.0 Å². The molecule has 0 spiro atoms. The van der Waals surface area contributed by atoms with Crippen molar-refractivity contribution in [1.29, 1.82) is 0 Å². The van der Waals surface area contributed by atoms with E-state index in [4.69, 9.17) is 4.74 Å². The van der Waals surface area contributed by atoms with Gasteiger partial charge < -0.3 is 9.64 Å². The molecular weight excluding hydrogens is 362 g/mol. The topological polar surface area (TPSA) is 45.7 Å². The van der Waals surface area contributed by atoms with Gasteiger partial charge >= 0.3 is 6.09 Å². The minimum Gasteiger partial charge on any atom is -0.444 e. The molecule has 1 fully saturated rings. The smallest absolute Gasteiger partial charge is 0.410 e. The fourth-order valence-electron chi connectivity index (χ4n) is 3.80. The molecule has 5 nitrogen and oxygen atoms in total. The van der Waals surface area contributed by atoms with Crippen molar-refractivity contribution in [3.05, 3.63) is 53.3 Å². The number of rotatable bonds is 1. The van der Waals surface area contributed by atoms with Crippen molar-refractivity contribution < 1.29 is 9.53 Å². The van der Waals surface area contributed by atoms with Gasteiger partial charge in [-0.15, -0.1) is 0 Å². The maximum absolute atomic E-state index is 12.2. The second-order valence-corrected chi connectivity index (χ2v) is 8.56. The van der Waals surface area contributed by atoms with Crippen LogP contribution in [0.5, 0.6) is 0 Å². The zero-order valence-corrected chi connectivity index (χ0v) is 17.4. The highest BCUT2D eigenvalue weighted by molar-refractivity contribution is 5.80. The zero-order valence-electron chi connectivity index (χ0n) is 17.4. The van der Waals surface area contributed by atoms with Gasteiger partial charge in [0.05, 0.1) is 12.2 Å². The number of hydrogen-bond acceptors (Lipinski definition) is 4. The van der Waals surface area contributed by atoms with Gasteiger partial charge in [0.1, 0.15) is 5.60 Å². The van der Waals surface area contributed by atoms with Gasteiger partial charge in [0.2, 0.25) is 0 Å². The molecule has 1 aliphatic carbocycles. The predicted octanol–water partition coefficient (Wildman–Crippen LogP) is 3.56. The lowest BCUT2D eigenvalue weighted by molar-refractivity contribution is 0.0155. The number of benzene rings is 1. The van der Waals surface area contributed by atoms with E-state index in [0.29, 0.717) is 19.6 Å². The van der Waals surface area contributed by atoms with Crippen LogP contribution in [0.4, 0.5) is 4.79 Å². The lowest BCUT2D eigenvalue weighted by atomic mass is 10.0. The molecular formula is C24H27N3O2. The number of fused-ring (bicyclic) bond motifs is 3. The largest absolute Gasteiger partial charge is 0.444 e. The Bertz CT molecular complexity index is 974. The summed E-state index contributed by atoms with van der Waals surface area (Å²) in [6.07, 6.45) is 2.51. The molecule has 4 rings (SSSR count). The van der Waals surface area contributed by atoms with Crippen LogP contribution in [0.15, 0.2) is 36.5 Å². The Morgan fingerprint density at radius 2 is 1.90 bits per heavy atom. The highest BCUT2D eigenvalue weighted by Crippen LogP contribution is 2.37. The molecule has 0 radical (unpaired) electrons. The fraction of sp³-hybridized carbons (Fsp3) is 0.417. The Morgan fingerprint density at radius 3 is 2.66 bits per heavy atom. The summed E-state index contributed by atoms with van der Waals surface area (Å²) in [5.74, 6) is 6.69. The Kier molecular flexibility index (Phi) is 5.29. The normalized spacial score (nSPS) is 15.9. The number of nitrogens with zero attached hydrogens (tertiary/aromatic N) is 3. The number of aromatic nitrogens is 1. The molecule has 1 amide bonds. The van der Waals surface area contributed by atoms with Gasteiger partial charge in [-0.1, -0.05) is 36.1 Å². The minimum absolute atomic E-state index is 0.228. The van der Waals surface area contributed by atoms with E-state index in [-0.39, 0.29) is 6.09 Å². The Morgan fingerprint density at radius 1 is 1.14 bits per heavy atom. The third-order valence-corrected chi connectivity index (χ3v) is 5.22. The molecule has 1 aromatic carbocycles. The van der Waals surface area contributed by atoms with Crippen LogP contribution >= 0.6 is 0 Å². The van der Waals surface area contributed by atoms with Crippen LogP contribution in [-0.2, 0) is 11.2 Å². The number of piperazine rings is 1. The van der Waals surface area contributed by atoms with E-state index in [0.717, 1.165) is 30.8 Å². The number of hydrogen-bond donors (Lipinski definition) is 0. The number of ether oxygens (including phenoxy) is 1. The summed E-state index contributed by atoms with van der Waals surface area (Å²) in [5.41, 5.74) is 5.47. The van der Waals surface area contributed by atoms with Gasteiger partial charge in [-0.25, -0.2) is 4.79 Å². The van der Waals surface area contributed by atoms with E-state index in [1.807, 2.05) is 33.0 Å². The van der Waals surface area contributed by atoms with E-state index in [1.165, 1.54) is 16.7 Å². The standard InChI is InChI=1S/C24H27N3O2/c1-24(2,3)29-23(28)27-15-13-26(14-16-27)12-6-8-18-10-11-25-21-17-19-7-4-5-9-20(19)22(18)21/h4-5,7,9-11H,12-17H2,1-3H3. The van der Waals surface area contributed by atoms with Crippen molar-refractivity contribution in [3.8, 4) is 23.0 Å².